The van der Waals surface area contributed by atoms with Crippen LogP contribution < -0.4 is 4.74 Å². The molecule has 0 atom stereocenters. The van der Waals surface area contributed by atoms with Crippen LogP contribution in [0.15, 0.2) is 36.4 Å². The SMILES string of the molecule is COc1[c]cccc1-c1cc(Cl)ccc1Cl. The highest BCUT2D eigenvalue weighted by Gasteiger charge is 2.09. The first-order valence-corrected chi connectivity index (χ1v) is 5.48. The average molecular weight is 252 g/mol. The zero-order valence-corrected chi connectivity index (χ0v) is 10.1. The van der Waals surface area contributed by atoms with Crippen LogP contribution in [0.25, 0.3) is 11.1 Å². The first kappa shape index (κ1) is 11.3. The largest absolute Gasteiger partial charge is 0.495 e. The quantitative estimate of drug-likeness (QED) is 0.766. The van der Waals surface area contributed by atoms with Crippen molar-refractivity contribution in [1.29, 1.82) is 0 Å². The summed E-state index contributed by atoms with van der Waals surface area (Å²) in [4.78, 5) is 0. The molecule has 1 nitrogen and oxygen atoms in total. The molecule has 0 saturated carbocycles. The number of ether oxygens (including phenoxy) is 1. The molecule has 0 aliphatic carbocycles. The highest BCUT2D eigenvalue weighted by molar-refractivity contribution is 6.35. The maximum absolute atomic E-state index is 6.13. The lowest BCUT2D eigenvalue weighted by Gasteiger charge is -2.09. The molecule has 0 aliphatic heterocycles. The molecule has 3 heteroatoms. The zero-order chi connectivity index (χ0) is 11.5. The van der Waals surface area contributed by atoms with Gasteiger partial charge in [0.1, 0.15) is 5.75 Å². The number of methoxy groups -OCH3 is 1. The van der Waals surface area contributed by atoms with E-state index in [1.807, 2.05) is 18.2 Å². The molecule has 0 bridgehead atoms. The lowest BCUT2D eigenvalue weighted by atomic mass is 10.0. The van der Waals surface area contributed by atoms with Gasteiger partial charge in [-0.15, -0.1) is 0 Å². The fourth-order valence-corrected chi connectivity index (χ4v) is 1.90. The van der Waals surface area contributed by atoms with Crippen molar-refractivity contribution in [2.45, 2.75) is 0 Å². The summed E-state index contributed by atoms with van der Waals surface area (Å²) in [6, 6.07) is 13.9. The second-order valence-electron chi connectivity index (χ2n) is 3.24. The van der Waals surface area contributed by atoms with Crippen LogP contribution in [0.4, 0.5) is 0 Å². The lowest BCUT2D eigenvalue weighted by molar-refractivity contribution is 0.415. The van der Waals surface area contributed by atoms with Crippen LogP contribution in [0.5, 0.6) is 5.75 Å². The predicted octanol–water partition coefficient (Wildman–Crippen LogP) is 4.47. The number of hydrogen-bond donors (Lipinski definition) is 0. The van der Waals surface area contributed by atoms with E-state index in [1.54, 1.807) is 25.3 Å². The molecule has 0 saturated heterocycles. The molecule has 0 spiro atoms. The number of para-hydroxylation sites is 1. The number of hydrogen-bond acceptors (Lipinski definition) is 1. The second-order valence-corrected chi connectivity index (χ2v) is 4.08. The van der Waals surface area contributed by atoms with Crippen LogP contribution >= 0.6 is 23.2 Å². The van der Waals surface area contributed by atoms with Crippen molar-refractivity contribution in [1.82, 2.24) is 0 Å². The summed E-state index contributed by atoms with van der Waals surface area (Å²) in [5.41, 5.74) is 1.74. The standard InChI is InChI=1S/C13H9Cl2O/c1-16-13-5-3-2-4-10(13)11-8-9(14)6-7-12(11)15/h2-4,6-8H,1H3. The Bertz CT molecular complexity index is 509. The molecule has 2 rings (SSSR count). The van der Waals surface area contributed by atoms with Gasteiger partial charge in [0.25, 0.3) is 0 Å². The van der Waals surface area contributed by atoms with Crippen LogP contribution in [0.3, 0.4) is 0 Å². The molecule has 0 aromatic heterocycles. The van der Waals surface area contributed by atoms with Gasteiger partial charge in [-0.1, -0.05) is 41.4 Å². The van der Waals surface area contributed by atoms with Crippen LogP contribution in [-0.4, -0.2) is 7.11 Å². The third-order valence-corrected chi connectivity index (χ3v) is 2.81. The number of halogens is 2. The van der Waals surface area contributed by atoms with E-state index >= 15 is 0 Å². The van der Waals surface area contributed by atoms with Crippen molar-refractivity contribution in [2.24, 2.45) is 0 Å². The minimum absolute atomic E-state index is 0.641. The maximum atomic E-state index is 6.13. The highest BCUT2D eigenvalue weighted by atomic mass is 35.5. The van der Waals surface area contributed by atoms with Gasteiger partial charge in [0.05, 0.1) is 7.11 Å². The molecule has 2 aromatic carbocycles. The third kappa shape index (κ3) is 2.16. The Morgan fingerprint density at radius 3 is 2.69 bits per heavy atom. The highest BCUT2D eigenvalue weighted by Crippen LogP contribution is 2.35. The molecule has 1 radical (unpaired) electrons. The van der Waals surface area contributed by atoms with Gasteiger partial charge >= 0.3 is 0 Å². The minimum atomic E-state index is 0.641. The molecule has 0 fully saturated rings. The molecular weight excluding hydrogens is 243 g/mol. The van der Waals surface area contributed by atoms with Gasteiger partial charge in [-0.3, -0.25) is 0 Å². The van der Waals surface area contributed by atoms with Crippen molar-refractivity contribution in [3.63, 3.8) is 0 Å². The average Bonchev–Trinajstić information content (AvgIpc) is 2.32. The van der Waals surface area contributed by atoms with Gasteiger partial charge in [0.15, 0.2) is 0 Å². The van der Waals surface area contributed by atoms with E-state index in [0.717, 1.165) is 11.1 Å². The summed E-state index contributed by atoms with van der Waals surface area (Å²) in [5.74, 6) is 0.659. The normalized spacial score (nSPS) is 10.2. The molecule has 0 unspecified atom stereocenters. The third-order valence-electron chi connectivity index (χ3n) is 2.24. The fraction of sp³-hybridized carbons (Fsp3) is 0.0769. The van der Waals surface area contributed by atoms with Gasteiger partial charge in [-0.2, -0.15) is 0 Å². The van der Waals surface area contributed by atoms with E-state index in [0.29, 0.717) is 15.8 Å². The van der Waals surface area contributed by atoms with E-state index < -0.39 is 0 Å². The smallest absolute Gasteiger partial charge is 0.134 e. The molecule has 16 heavy (non-hydrogen) atoms. The Morgan fingerprint density at radius 2 is 1.94 bits per heavy atom. The molecule has 81 valence electrons. The van der Waals surface area contributed by atoms with Crippen molar-refractivity contribution in [2.75, 3.05) is 7.11 Å². The van der Waals surface area contributed by atoms with Crippen LogP contribution in [0.2, 0.25) is 10.0 Å². The summed E-state index contributed by atoms with van der Waals surface area (Å²) < 4.78 is 5.24. The first-order chi connectivity index (χ1) is 7.72. The molecule has 0 heterocycles. The van der Waals surface area contributed by atoms with Crippen molar-refractivity contribution in [3.8, 4) is 16.9 Å². The van der Waals surface area contributed by atoms with Gasteiger partial charge < -0.3 is 4.74 Å². The Balaban J connectivity index is 2.62. The molecule has 0 aliphatic rings. The Kier molecular flexibility index (Phi) is 3.37. The predicted molar refractivity (Wildman–Crippen MR) is 67.3 cm³/mol. The Labute approximate surface area is 105 Å². The molecule has 0 amide bonds. The summed E-state index contributed by atoms with van der Waals surface area (Å²) >= 11 is 12.1. The summed E-state index contributed by atoms with van der Waals surface area (Å²) in [6.07, 6.45) is 0. The van der Waals surface area contributed by atoms with Crippen molar-refractivity contribution < 1.29 is 4.74 Å². The van der Waals surface area contributed by atoms with E-state index in [9.17, 15) is 0 Å². The summed E-state index contributed by atoms with van der Waals surface area (Å²) in [6.45, 7) is 0. The molecule has 0 N–H and O–H groups in total. The van der Waals surface area contributed by atoms with Crippen LogP contribution in [-0.2, 0) is 0 Å². The van der Waals surface area contributed by atoms with Gasteiger partial charge in [-0.25, -0.2) is 0 Å². The molecular formula is C13H9Cl2O. The second kappa shape index (κ2) is 4.77. The number of rotatable bonds is 2. The van der Waals surface area contributed by atoms with Crippen molar-refractivity contribution >= 4 is 23.2 Å². The van der Waals surface area contributed by atoms with Gasteiger partial charge in [0, 0.05) is 27.2 Å². The fourth-order valence-electron chi connectivity index (χ4n) is 1.51. The van der Waals surface area contributed by atoms with E-state index in [2.05, 4.69) is 6.07 Å². The van der Waals surface area contributed by atoms with E-state index in [1.165, 1.54) is 0 Å². The zero-order valence-electron chi connectivity index (χ0n) is 8.63. The van der Waals surface area contributed by atoms with Crippen molar-refractivity contribution in [3.05, 3.63) is 52.5 Å². The Morgan fingerprint density at radius 1 is 1.12 bits per heavy atom. The maximum Gasteiger partial charge on any atom is 0.134 e. The minimum Gasteiger partial charge on any atom is -0.495 e. The Hall–Kier alpha value is -1.18. The lowest BCUT2D eigenvalue weighted by Crippen LogP contribution is -1.88. The van der Waals surface area contributed by atoms with Gasteiger partial charge in [-0.05, 0) is 18.2 Å². The monoisotopic (exact) mass is 251 g/mol. The van der Waals surface area contributed by atoms with E-state index in [4.69, 9.17) is 27.9 Å². The van der Waals surface area contributed by atoms with Crippen LogP contribution in [0, 0.1) is 6.07 Å². The molecule has 2 aromatic rings. The first-order valence-electron chi connectivity index (χ1n) is 4.72. The van der Waals surface area contributed by atoms with Crippen LogP contribution in [0.1, 0.15) is 0 Å². The van der Waals surface area contributed by atoms with E-state index in [-0.39, 0.29) is 0 Å². The summed E-state index contributed by atoms with van der Waals surface area (Å²) in [7, 11) is 1.60. The van der Waals surface area contributed by atoms with Gasteiger partial charge in [0.2, 0.25) is 0 Å². The topological polar surface area (TPSA) is 9.23 Å². The summed E-state index contributed by atoms with van der Waals surface area (Å²) in [5, 5.41) is 1.28. The number of benzene rings is 2.